The van der Waals surface area contributed by atoms with Gasteiger partial charge >= 0.3 is 0 Å². The Morgan fingerprint density at radius 1 is 1.56 bits per heavy atom. The summed E-state index contributed by atoms with van der Waals surface area (Å²) in [6.07, 6.45) is 7.55. The lowest BCUT2D eigenvalue weighted by atomic mass is 10.3. The summed E-state index contributed by atoms with van der Waals surface area (Å²) in [5, 5.41) is 6.59. The van der Waals surface area contributed by atoms with E-state index < -0.39 is 0 Å². The summed E-state index contributed by atoms with van der Waals surface area (Å²) < 4.78 is 7.04. The number of imidazole rings is 1. The van der Waals surface area contributed by atoms with Gasteiger partial charge in [0.25, 0.3) is 5.91 Å². The Balaban J connectivity index is 1.50. The van der Waals surface area contributed by atoms with Crippen LogP contribution in [0.5, 0.6) is 0 Å². The Hall–Kier alpha value is -2.11. The van der Waals surface area contributed by atoms with Crippen LogP contribution in [-0.2, 0) is 6.54 Å². The molecule has 0 spiro atoms. The molecule has 1 amide bonds. The first-order valence-corrected chi connectivity index (χ1v) is 6.03. The minimum atomic E-state index is -0.189. The molecule has 0 bridgehead atoms. The van der Waals surface area contributed by atoms with Crippen molar-refractivity contribution in [1.29, 1.82) is 0 Å². The van der Waals surface area contributed by atoms with Gasteiger partial charge in [0.2, 0.25) is 0 Å². The normalized spacial score (nSPS) is 14.7. The van der Waals surface area contributed by atoms with Crippen molar-refractivity contribution >= 4 is 5.91 Å². The zero-order chi connectivity index (χ0) is 12.4. The molecule has 2 aromatic heterocycles. The second-order valence-electron chi connectivity index (χ2n) is 4.45. The number of nitrogens with zero attached hydrogens (tertiary/aromatic N) is 3. The molecule has 1 aliphatic carbocycles. The highest BCUT2D eigenvalue weighted by Crippen LogP contribution is 2.40. The molecule has 3 rings (SSSR count). The van der Waals surface area contributed by atoms with Crippen molar-refractivity contribution < 1.29 is 9.32 Å². The fourth-order valence-electron chi connectivity index (χ4n) is 1.76. The van der Waals surface area contributed by atoms with Crippen LogP contribution in [0.2, 0.25) is 0 Å². The Bertz CT molecular complexity index is 528. The van der Waals surface area contributed by atoms with Gasteiger partial charge in [-0.05, 0) is 12.8 Å². The van der Waals surface area contributed by atoms with Gasteiger partial charge in [-0.15, -0.1) is 0 Å². The fraction of sp³-hybridized carbons (Fsp3) is 0.417. The van der Waals surface area contributed by atoms with Crippen LogP contribution in [-0.4, -0.2) is 27.2 Å². The maximum Gasteiger partial charge on any atom is 0.273 e. The van der Waals surface area contributed by atoms with Gasteiger partial charge in [0.05, 0.1) is 6.33 Å². The number of carbonyl (C=O) groups excluding carboxylic acids is 1. The number of aromatic nitrogens is 3. The molecule has 2 aromatic rings. The topological polar surface area (TPSA) is 73.0 Å². The van der Waals surface area contributed by atoms with E-state index in [0.717, 1.165) is 18.6 Å². The lowest BCUT2D eigenvalue weighted by molar-refractivity contribution is 0.0943. The van der Waals surface area contributed by atoms with E-state index in [1.54, 1.807) is 18.6 Å². The molecule has 0 radical (unpaired) electrons. The number of hydrogen-bond donors (Lipinski definition) is 1. The van der Waals surface area contributed by atoms with Crippen molar-refractivity contribution in [2.75, 3.05) is 6.54 Å². The lowest BCUT2D eigenvalue weighted by Gasteiger charge is -2.03. The number of rotatable bonds is 5. The molecule has 2 heterocycles. The number of carbonyl (C=O) groups is 1. The van der Waals surface area contributed by atoms with Crippen molar-refractivity contribution in [3.8, 4) is 0 Å². The van der Waals surface area contributed by atoms with E-state index in [1.807, 2.05) is 10.8 Å². The minimum Gasteiger partial charge on any atom is -0.360 e. The van der Waals surface area contributed by atoms with Gasteiger partial charge in [-0.25, -0.2) is 4.98 Å². The van der Waals surface area contributed by atoms with Crippen LogP contribution in [0.3, 0.4) is 0 Å². The van der Waals surface area contributed by atoms with Gasteiger partial charge in [0.15, 0.2) is 5.69 Å². The fourth-order valence-corrected chi connectivity index (χ4v) is 1.76. The predicted molar refractivity (Wildman–Crippen MR) is 63.0 cm³/mol. The number of amides is 1. The third kappa shape index (κ3) is 2.42. The van der Waals surface area contributed by atoms with Crippen molar-refractivity contribution in [3.05, 3.63) is 36.2 Å². The molecular formula is C12H14N4O2. The summed E-state index contributed by atoms with van der Waals surface area (Å²) >= 11 is 0. The molecule has 0 saturated heterocycles. The number of nitrogens with one attached hydrogen (secondary N) is 1. The molecule has 6 heteroatoms. The van der Waals surface area contributed by atoms with E-state index in [-0.39, 0.29) is 5.91 Å². The van der Waals surface area contributed by atoms with Gasteiger partial charge in [-0.1, -0.05) is 5.16 Å². The van der Waals surface area contributed by atoms with Gasteiger partial charge in [0, 0.05) is 37.5 Å². The highest BCUT2D eigenvalue weighted by molar-refractivity contribution is 5.92. The van der Waals surface area contributed by atoms with Crippen LogP contribution in [0, 0.1) is 0 Å². The standard InChI is InChI=1S/C12H14N4O2/c17-12(14-4-6-16-5-3-13-8-16)10-7-11(18-15-10)9-1-2-9/h3,5,7-9H,1-2,4,6H2,(H,14,17). The largest absolute Gasteiger partial charge is 0.360 e. The zero-order valence-corrected chi connectivity index (χ0v) is 9.87. The third-order valence-corrected chi connectivity index (χ3v) is 2.96. The smallest absolute Gasteiger partial charge is 0.273 e. The first kappa shape index (κ1) is 11.0. The van der Waals surface area contributed by atoms with Crippen LogP contribution >= 0.6 is 0 Å². The summed E-state index contributed by atoms with van der Waals surface area (Å²) in [7, 11) is 0. The monoisotopic (exact) mass is 246 g/mol. The Kier molecular flexibility index (Phi) is 2.84. The molecule has 1 N–H and O–H groups in total. The molecule has 1 aliphatic rings. The van der Waals surface area contributed by atoms with Crippen LogP contribution in [0.15, 0.2) is 29.3 Å². The Labute approximate surface area is 104 Å². The summed E-state index contributed by atoms with van der Waals surface area (Å²) in [6.45, 7) is 1.24. The average molecular weight is 246 g/mol. The molecule has 0 unspecified atom stereocenters. The average Bonchev–Trinajstić information content (AvgIpc) is 2.92. The van der Waals surface area contributed by atoms with Gasteiger partial charge in [0.1, 0.15) is 5.76 Å². The van der Waals surface area contributed by atoms with Gasteiger partial charge in [-0.3, -0.25) is 4.79 Å². The third-order valence-electron chi connectivity index (χ3n) is 2.96. The zero-order valence-electron chi connectivity index (χ0n) is 9.87. The van der Waals surface area contributed by atoms with Crippen molar-refractivity contribution in [2.24, 2.45) is 0 Å². The molecule has 18 heavy (non-hydrogen) atoms. The Morgan fingerprint density at radius 2 is 2.44 bits per heavy atom. The van der Waals surface area contributed by atoms with Crippen LogP contribution in [0.1, 0.15) is 35.0 Å². The highest BCUT2D eigenvalue weighted by Gasteiger charge is 2.28. The van der Waals surface area contributed by atoms with E-state index in [2.05, 4.69) is 15.5 Å². The first-order valence-electron chi connectivity index (χ1n) is 6.03. The van der Waals surface area contributed by atoms with E-state index in [1.165, 1.54) is 0 Å². The van der Waals surface area contributed by atoms with Crippen molar-refractivity contribution in [1.82, 2.24) is 20.0 Å². The summed E-state index contributed by atoms with van der Waals surface area (Å²) in [5.41, 5.74) is 0.363. The number of hydrogen-bond acceptors (Lipinski definition) is 4. The van der Waals surface area contributed by atoms with E-state index in [0.29, 0.717) is 24.7 Å². The van der Waals surface area contributed by atoms with Crippen LogP contribution < -0.4 is 5.32 Å². The maximum atomic E-state index is 11.8. The molecule has 0 aromatic carbocycles. The summed E-state index contributed by atoms with van der Waals surface area (Å²) in [5.74, 6) is 1.12. The Morgan fingerprint density at radius 3 is 3.17 bits per heavy atom. The first-order chi connectivity index (χ1) is 8.83. The molecule has 6 nitrogen and oxygen atoms in total. The molecule has 1 fully saturated rings. The SMILES string of the molecule is O=C(NCCn1ccnc1)c1cc(C2CC2)on1. The van der Waals surface area contributed by atoms with Gasteiger partial charge < -0.3 is 14.4 Å². The van der Waals surface area contributed by atoms with Crippen LogP contribution in [0.25, 0.3) is 0 Å². The van der Waals surface area contributed by atoms with Crippen molar-refractivity contribution in [3.63, 3.8) is 0 Å². The van der Waals surface area contributed by atoms with E-state index in [9.17, 15) is 4.79 Å². The second kappa shape index (κ2) is 4.64. The minimum absolute atomic E-state index is 0.189. The second-order valence-corrected chi connectivity index (χ2v) is 4.45. The van der Waals surface area contributed by atoms with Crippen molar-refractivity contribution in [2.45, 2.75) is 25.3 Å². The molecule has 0 aliphatic heterocycles. The van der Waals surface area contributed by atoms with E-state index in [4.69, 9.17) is 4.52 Å². The maximum absolute atomic E-state index is 11.8. The molecule has 94 valence electrons. The lowest BCUT2D eigenvalue weighted by Crippen LogP contribution is -2.27. The molecule has 0 atom stereocenters. The molecule has 1 saturated carbocycles. The predicted octanol–water partition coefficient (Wildman–Crippen LogP) is 1.18. The summed E-state index contributed by atoms with van der Waals surface area (Å²) in [6, 6.07) is 1.74. The molecular weight excluding hydrogens is 232 g/mol. The van der Waals surface area contributed by atoms with E-state index >= 15 is 0 Å². The quantitative estimate of drug-likeness (QED) is 0.859. The summed E-state index contributed by atoms with van der Waals surface area (Å²) in [4.78, 5) is 15.7. The van der Waals surface area contributed by atoms with Gasteiger partial charge in [-0.2, -0.15) is 0 Å². The highest BCUT2D eigenvalue weighted by atomic mass is 16.5. The van der Waals surface area contributed by atoms with Crippen LogP contribution in [0.4, 0.5) is 0 Å².